The largest absolute Gasteiger partial charge is 0.369 e. The minimum absolute atomic E-state index is 0.0892. The lowest BCUT2D eigenvalue weighted by Gasteiger charge is -2.31. The Morgan fingerprint density at radius 3 is 2.50 bits per heavy atom. The number of hydrogen-bond acceptors (Lipinski definition) is 3. The second-order valence-electron chi connectivity index (χ2n) is 2.58. The topological polar surface area (TPSA) is 64.1 Å². The smallest absolute Gasteiger partial charge is 0.120 e. The average Bonchev–Trinajstić information content (AvgIpc) is 1.89. The highest BCUT2D eigenvalue weighted by atomic mass is 15.1. The third-order valence-corrected chi connectivity index (χ3v) is 1.67. The van der Waals surface area contributed by atoms with Gasteiger partial charge in [-0.25, -0.2) is 0 Å². The van der Waals surface area contributed by atoms with Crippen molar-refractivity contribution in [2.75, 3.05) is 0 Å². The van der Waals surface area contributed by atoms with Crippen LogP contribution in [0, 0.1) is 0 Å². The van der Waals surface area contributed by atoms with Crippen molar-refractivity contribution in [1.29, 1.82) is 0 Å². The lowest BCUT2D eigenvalue weighted by molar-refractivity contribution is 0.397. The molecular weight excluding hydrogens is 126 g/mol. The van der Waals surface area contributed by atoms with Gasteiger partial charge in [0.05, 0.1) is 0 Å². The van der Waals surface area contributed by atoms with Crippen molar-refractivity contribution in [2.45, 2.75) is 18.6 Å². The molecule has 0 aromatic heterocycles. The molecule has 56 valence electrons. The molecular formula is C7H13N3. The van der Waals surface area contributed by atoms with E-state index in [4.69, 9.17) is 11.5 Å². The van der Waals surface area contributed by atoms with Gasteiger partial charge >= 0.3 is 0 Å². The van der Waals surface area contributed by atoms with Crippen LogP contribution < -0.4 is 16.8 Å². The van der Waals surface area contributed by atoms with Crippen LogP contribution in [0.15, 0.2) is 24.4 Å². The molecule has 10 heavy (non-hydrogen) atoms. The molecule has 2 atom stereocenters. The third-order valence-electron chi connectivity index (χ3n) is 1.67. The maximum Gasteiger partial charge on any atom is 0.120 e. The summed E-state index contributed by atoms with van der Waals surface area (Å²) in [5.41, 5.74) is 10.9. The molecule has 0 spiro atoms. The summed E-state index contributed by atoms with van der Waals surface area (Å²) in [7, 11) is 0. The van der Waals surface area contributed by atoms with E-state index in [-0.39, 0.29) is 6.04 Å². The molecule has 1 rings (SSSR count). The van der Waals surface area contributed by atoms with Crippen LogP contribution in [0.4, 0.5) is 0 Å². The molecule has 0 saturated carbocycles. The fraction of sp³-hybridized carbons (Fsp3) is 0.429. The van der Waals surface area contributed by atoms with Gasteiger partial charge in [0.2, 0.25) is 0 Å². The molecule has 2 unspecified atom stereocenters. The molecule has 3 nitrogen and oxygen atoms in total. The lowest BCUT2D eigenvalue weighted by Crippen LogP contribution is -2.61. The Bertz CT molecular complexity index is 172. The first kappa shape index (κ1) is 7.31. The Morgan fingerprint density at radius 2 is 2.20 bits per heavy atom. The number of nitrogens with two attached hydrogens (primary N) is 2. The number of allylic oxidation sites excluding steroid dienone is 2. The quantitative estimate of drug-likeness (QED) is 0.466. The lowest BCUT2D eigenvalue weighted by atomic mass is 10.0. The van der Waals surface area contributed by atoms with Crippen molar-refractivity contribution in [3.05, 3.63) is 24.4 Å². The summed E-state index contributed by atoms with van der Waals surface area (Å²) in [5.74, 6) is 0. The number of rotatable bonds is 1. The van der Waals surface area contributed by atoms with Gasteiger partial charge in [-0.3, -0.25) is 0 Å². The molecule has 0 bridgehead atoms. The first-order chi connectivity index (χ1) is 4.65. The molecule has 0 fully saturated rings. The van der Waals surface area contributed by atoms with Crippen molar-refractivity contribution in [3.8, 4) is 0 Å². The predicted octanol–water partition coefficient (Wildman–Crippen LogP) is -0.338. The normalized spacial score (nSPS) is 33.5. The van der Waals surface area contributed by atoms with Gasteiger partial charge in [-0.2, -0.15) is 0 Å². The minimum atomic E-state index is -0.561. The molecule has 1 aliphatic rings. The summed E-state index contributed by atoms with van der Waals surface area (Å²) in [5, 5.41) is 2.98. The first-order valence-electron chi connectivity index (χ1n) is 3.32. The Labute approximate surface area is 60.8 Å². The van der Waals surface area contributed by atoms with E-state index in [9.17, 15) is 0 Å². The van der Waals surface area contributed by atoms with Crippen LogP contribution in [0.2, 0.25) is 0 Å². The highest BCUT2D eigenvalue weighted by Crippen LogP contribution is 2.06. The average molecular weight is 139 g/mol. The first-order valence-corrected chi connectivity index (χ1v) is 3.32. The number of dihydropyridines is 1. The summed E-state index contributed by atoms with van der Waals surface area (Å²) >= 11 is 0. The second kappa shape index (κ2) is 2.44. The summed E-state index contributed by atoms with van der Waals surface area (Å²) in [4.78, 5) is 0. The van der Waals surface area contributed by atoms with Crippen LogP contribution in [0.5, 0.6) is 0 Å². The van der Waals surface area contributed by atoms with Gasteiger partial charge in [0, 0.05) is 6.04 Å². The van der Waals surface area contributed by atoms with Gasteiger partial charge in [0.25, 0.3) is 0 Å². The maximum absolute atomic E-state index is 5.83. The SMILES string of the molecule is CC(N)C1(N)C=CC=CN1. The summed E-state index contributed by atoms with van der Waals surface area (Å²) in [6, 6.07) is -0.0892. The summed E-state index contributed by atoms with van der Waals surface area (Å²) < 4.78 is 0. The van der Waals surface area contributed by atoms with E-state index >= 15 is 0 Å². The second-order valence-corrected chi connectivity index (χ2v) is 2.58. The number of hydrogen-bond donors (Lipinski definition) is 3. The molecule has 0 saturated heterocycles. The Hall–Kier alpha value is -0.800. The van der Waals surface area contributed by atoms with Crippen molar-refractivity contribution in [2.24, 2.45) is 11.5 Å². The van der Waals surface area contributed by atoms with Gasteiger partial charge in [0.1, 0.15) is 5.66 Å². The van der Waals surface area contributed by atoms with Crippen LogP contribution in [0.25, 0.3) is 0 Å². The van der Waals surface area contributed by atoms with Crippen molar-refractivity contribution >= 4 is 0 Å². The fourth-order valence-electron chi connectivity index (χ4n) is 0.794. The molecule has 0 amide bonds. The molecule has 1 heterocycles. The van der Waals surface area contributed by atoms with E-state index in [1.54, 1.807) is 6.20 Å². The van der Waals surface area contributed by atoms with Crippen molar-refractivity contribution in [3.63, 3.8) is 0 Å². The molecule has 0 aliphatic carbocycles. The molecule has 3 heteroatoms. The minimum Gasteiger partial charge on any atom is -0.369 e. The van der Waals surface area contributed by atoms with Gasteiger partial charge in [-0.15, -0.1) is 0 Å². The fourth-order valence-corrected chi connectivity index (χ4v) is 0.794. The van der Waals surface area contributed by atoms with Crippen LogP contribution in [-0.2, 0) is 0 Å². The Balaban J connectivity index is 2.70. The molecule has 1 aliphatic heterocycles. The third kappa shape index (κ3) is 1.20. The standard InChI is InChI=1S/C7H13N3/c1-6(8)7(9)4-2-3-5-10-7/h2-6,10H,8-9H2,1H3. The van der Waals surface area contributed by atoms with E-state index < -0.39 is 5.66 Å². The summed E-state index contributed by atoms with van der Waals surface area (Å²) in [6.45, 7) is 1.87. The Kier molecular flexibility index (Phi) is 1.78. The van der Waals surface area contributed by atoms with Crippen LogP contribution in [0.1, 0.15) is 6.92 Å². The zero-order valence-electron chi connectivity index (χ0n) is 6.04. The highest BCUT2D eigenvalue weighted by Gasteiger charge is 2.25. The molecule has 0 aromatic carbocycles. The molecule has 0 aromatic rings. The van der Waals surface area contributed by atoms with E-state index in [0.717, 1.165) is 0 Å². The van der Waals surface area contributed by atoms with Gasteiger partial charge in [-0.05, 0) is 25.3 Å². The Morgan fingerprint density at radius 1 is 1.50 bits per heavy atom. The zero-order chi connectivity index (χ0) is 7.61. The molecule has 0 radical (unpaired) electrons. The predicted molar refractivity (Wildman–Crippen MR) is 42.0 cm³/mol. The van der Waals surface area contributed by atoms with Gasteiger partial charge in [-0.1, -0.05) is 6.08 Å². The monoisotopic (exact) mass is 139 g/mol. The summed E-state index contributed by atoms with van der Waals surface area (Å²) in [6.07, 6.45) is 7.42. The molecule has 5 N–H and O–H groups in total. The number of nitrogens with one attached hydrogen (secondary N) is 1. The van der Waals surface area contributed by atoms with E-state index in [2.05, 4.69) is 5.32 Å². The van der Waals surface area contributed by atoms with E-state index in [1.807, 2.05) is 25.2 Å². The zero-order valence-corrected chi connectivity index (χ0v) is 6.04. The van der Waals surface area contributed by atoms with Crippen LogP contribution >= 0.6 is 0 Å². The van der Waals surface area contributed by atoms with E-state index in [1.165, 1.54) is 0 Å². The highest BCUT2D eigenvalue weighted by molar-refractivity contribution is 5.19. The van der Waals surface area contributed by atoms with Crippen molar-refractivity contribution < 1.29 is 0 Å². The van der Waals surface area contributed by atoms with Crippen LogP contribution in [-0.4, -0.2) is 11.7 Å². The van der Waals surface area contributed by atoms with Gasteiger partial charge < -0.3 is 16.8 Å². The maximum atomic E-state index is 5.83. The van der Waals surface area contributed by atoms with Gasteiger partial charge in [0.15, 0.2) is 0 Å². The van der Waals surface area contributed by atoms with Crippen molar-refractivity contribution in [1.82, 2.24) is 5.32 Å². The van der Waals surface area contributed by atoms with E-state index in [0.29, 0.717) is 0 Å². The van der Waals surface area contributed by atoms with Crippen LogP contribution in [0.3, 0.4) is 0 Å².